The molecule has 15 nitrogen and oxygen atoms in total. The number of phosphoric acid groups is 1. The van der Waals surface area contributed by atoms with Crippen LogP contribution >= 0.6 is 7.82 Å². The third kappa shape index (κ3) is 5.94. The number of imidazole rings is 1. The lowest BCUT2D eigenvalue weighted by atomic mass is 10.1. The molecule has 0 spiro atoms. The van der Waals surface area contributed by atoms with Crippen molar-refractivity contribution in [2.24, 2.45) is 5.16 Å². The lowest BCUT2D eigenvalue weighted by molar-refractivity contribution is -0.126. The molecule has 0 aliphatic carbocycles. The van der Waals surface area contributed by atoms with E-state index < -0.39 is 32.2 Å². The highest BCUT2D eigenvalue weighted by molar-refractivity contribution is 7.46. The molecule has 1 aliphatic heterocycles. The van der Waals surface area contributed by atoms with Crippen LogP contribution in [0, 0.1) is 0 Å². The van der Waals surface area contributed by atoms with Gasteiger partial charge < -0.3 is 35.0 Å². The Morgan fingerprint density at radius 1 is 1.21 bits per heavy atom. The summed E-state index contributed by atoms with van der Waals surface area (Å²) in [6.07, 6.45) is 1.66. The van der Waals surface area contributed by atoms with Crippen molar-refractivity contribution in [3.8, 4) is 0 Å². The number of benzene rings is 2. The van der Waals surface area contributed by atoms with Gasteiger partial charge in [-0.3, -0.25) is 13.9 Å². The number of carbonyl (C=O) groups is 1. The quantitative estimate of drug-likeness (QED) is 0.103. The molecule has 5 aromatic rings. The summed E-state index contributed by atoms with van der Waals surface area (Å²) in [6, 6.07) is 14.2. The Morgan fingerprint density at radius 2 is 2.02 bits per heavy atom. The fourth-order valence-electron chi connectivity index (χ4n) is 5.37. The molecule has 224 valence electrons. The monoisotopic (exact) mass is 608 g/mol. The number of amides is 1. The van der Waals surface area contributed by atoms with Crippen molar-refractivity contribution in [3.05, 3.63) is 60.7 Å². The second-order valence-corrected chi connectivity index (χ2v) is 11.1. The van der Waals surface area contributed by atoms with Crippen molar-refractivity contribution in [1.29, 1.82) is 0 Å². The molecule has 0 saturated carbocycles. The van der Waals surface area contributed by atoms with Crippen LogP contribution in [0.25, 0.3) is 33.0 Å². The smallest absolute Gasteiger partial charge is 0.386 e. The van der Waals surface area contributed by atoms with Crippen LogP contribution in [0.1, 0.15) is 25.1 Å². The zero-order valence-electron chi connectivity index (χ0n) is 23.0. The van der Waals surface area contributed by atoms with Crippen LogP contribution in [0.2, 0.25) is 0 Å². The van der Waals surface area contributed by atoms with Gasteiger partial charge in [-0.2, -0.15) is 0 Å². The minimum atomic E-state index is -4.85. The van der Waals surface area contributed by atoms with E-state index in [2.05, 4.69) is 49.0 Å². The van der Waals surface area contributed by atoms with E-state index in [4.69, 9.17) is 19.8 Å². The number of oxime groups is 1. The third-order valence-corrected chi connectivity index (χ3v) is 7.78. The van der Waals surface area contributed by atoms with Crippen molar-refractivity contribution in [2.45, 2.75) is 38.3 Å². The molecule has 3 atom stereocenters. The molecule has 2 aromatic carbocycles. The molecule has 0 unspecified atom stereocenters. The number of hydrogen-bond donors (Lipinski definition) is 4. The number of nitrogens with one attached hydrogen (secondary N) is 1. The molecule has 43 heavy (non-hydrogen) atoms. The van der Waals surface area contributed by atoms with Crippen LogP contribution < -0.4 is 11.1 Å². The summed E-state index contributed by atoms with van der Waals surface area (Å²) in [5.41, 5.74) is 9.70. The number of carbonyl (C=O) groups excluding carboxylic acids is 1. The lowest BCUT2D eigenvalue weighted by Gasteiger charge is -2.19. The zero-order chi connectivity index (χ0) is 30.1. The van der Waals surface area contributed by atoms with Crippen LogP contribution in [-0.4, -0.2) is 71.4 Å². The molecule has 0 bridgehead atoms. The van der Waals surface area contributed by atoms with Gasteiger partial charge in [0.25, 0.3) is 5.91 Å². The number of anilines is 1. The minimum absolute atomic E-state index is 0.0586. The van der Waals surface area contributed by atoms with Crippen LogP contribution in [0.5, 0.6) is 0 Å². The van der Waals surface area contributed by atoms with E-state index >= 15 is 0 Å². The predicted molar refractivity (Wildman–Crippen MR) is 157 cm³/mol. The van der Waals surface area contributed by atoms with E-state index in [9.17, 15) is 19.1 Å². The Morgan fingerprint density at radius 3 is 2.84 bits per heavy atom. The number of aromatic nitrogens is 5. The topological polar surface area (TPSA) is 201 Å². The first-order valence-corrected chi connectivity index (χ1v) is 15.0. The molecule has 4 heterocycles. The van der Waals surface area contributed by atoms with Gasteiger partial charge in [-0.05, 0) is 30.7 Å². The number of nitrogens with zero attached hydrogens (tertiary/aromatic N) is 6. The lowest BCUT2D eigenvalue weighted by Crippen LogP contribution is -2.39. The normalized spacial score (nSPS) is 19.2. The molecule has 0 radical (unpaired) electrons. The molecule has 16 heteroatoms. The average Bonchev–Trinajstić information content (AvgIpc) is 3.67. The van der Waals surface area contributed by atoms with Crippen LogP contribution in [-0.2, 0) is 30.0 Å². The Labute approximate surface area is 244 Å². The van der Waals surface area contributed by atoms with Crippen molar-refractivity contribution in [2.75, 3.05) is 18.9 Å². The van der Waals surface area contributed by atoms with E-state index in [-0.39, 0.29) is 25.4 Å². The first-order valence-electron chi connectivity index (χ1n) is 13.5. The first-order chi connectivity index (χ1) is 20.7. The van der Waals surface area contributed by atoms with Gasteiger partial charge in [0.15, 0.2) is 18.1 Å². The predicted octanol–water partition coefficient (Wildman–Crippen LogP) is 2.47. The maximum absolute atomic E-state index is 12.5. The van der Waals surface area contributed by atoms with E-state index in [1.54, 1.807) is 4.57 Å². The van der Waals surface area contributed by atoms with Gasteiger partial charge in [-0.1, -0.05) is 29.4 Å². The summed E-state index contributed by atoms with van der Waals surface area (Å²) in [5.74, 6) is -0.324. The number of nitrogen functional groups attached to an aromatic ring is 1. The van der Waals surface area contributed by atoms with E-state index in [1.165, 1.54) is 18.9 Å². The summed E-state index contributed by atoms with van der Waals surface area (Å²) in [6.45, 7) is 2.47. The van der Waals surface area contributed by atoms with E-state index in [0.29, 0.717) is 11.2 Å². The Kier molecular flexibility index (Phi) is 7.81. The number of nitrogens with two attached hydrogens (primary N) is 1. The van der Waals surface area contributed by atoms with Gasteiger partial charge in [0.2, 0.25) is 0 Å². The van der Waals surface area contributed by atoms with Gasteiger partial charge in [0.05, 0.1) is 12.5 Å². The second kappa shape index (κ2) is 11.7. The third-order valence-electron chi connectivity index (χ3n) is 7.24. The summed E-state index contributed by atoms with van der Waals surface area (Å²) in [4.78, 5) is 48.8. The van der Waals surface area contributed by atoms with E-state index in [1.807, 2.05) is 30.3 Å². The van der Waals surface area contributed by atoms with Crippen molar-refractivity contribution in [3.63, 3.8) is 0 Å². The standard InChI is InChI=1S/C27H29N8O7P/c1-2-34-19-6-4-3-5-17(19)18-9-16(7-8-20(18)34)11-33-40-13-23(36)29-12-22-21(42-43(37,38)39)10-24(41-22)35-15-32-25-26(28)30-14-31-27(25)35/h3-9,11,14-15,21-22,24H,2,10,12-13H2,1H3,(H,29,36)(H2,28,30,31)(H2,37,38,39)/b33-11+/t21-,22+,24+/m0/s1. The summed E-state index contributed by atoms with van der Waals surface area (Å²) in [7, 11) is -4.85. The Bertz CT molecular complexity index is 1880. The molecule has 6 rings (SSSR count). The van der Waals surface area contributed by atoms with Gasteiger partial charge in [-0.25, -0.2) is 19.5 Å². The first kappa shape index (κ1) is 28.7. The van der Waals surface area contributed by atoms with Gasteiger partial charge in [0, 0.05) is 41.3 Å². The highest BCUT2D eigenvalue weighted by Gasteiger charge is 2.41. The van der Waals surface area contributed by atoms with Crippen molar-refractivity contribution >= 4 is 58.7 Å². The summed E-state index contributed by atoms with van der Waals surface area (Å²) in [5, 5.41) is 8.81. The number of ether oxygens (including phenoxy) is 1. The fraction of sp³-hybridized carbons (Fsp3) is 0.296. The highest BCUT2D eigenvalue weighted by atomic mass is 31.2. The van der Waals surface area contributed by atoms with Crippen LogP contribution in [0.4, 0.5) is 5.82 Å². The fourth-order valence-corrected chi connectivity index (χ4v) is 5.95. The number of hydrogen-bond acceptors (Lipinski definition) is 10. The van der Waals surface area contributed by atoms with Crippen molar-refractivity contribution < 1.29 is 33.2 Å². The maximum atomic E-state index is 12.5. The molecule has 3 aromatic heterocycles. The molecule has 1 saturated heterocycles. The SMILES string of the molecule is CCn1c2ccccc2c2cc(/C=N/OCC(=O)NC[C@H]3O[C@@H](n4cnc5c(N)ncnc54)C[C@@H]3OP(=O)(O)O)ccc21. The average molecular weight is 609 g/mol. The van der Waals surface area contributed by atoms with Gasteiger partial charge in [-0.15, -0.1) is 0 Å². The Balaban J connectivity index is 1.07. The van der Waals surface area contributed by atoms with Gasteiger partial charge in [0.1, 0.15) is 30.3 Å². The van der Waals surface area contributed by atoms with Crippen molar-refractivity contribution in [1.82, 2.24) is 29.4 Å². The number of rotatable bonds is 10. The maximum Gasteiger partial charge on any atom is 0.469 e. The molecule has 1 amide bonds. The number of fused-ring (bicyclic) bond motifs is 4. The largest absolute Gasteiger partial charge is 0.469 e. The van der Waals surface area contributed by atoms with Gasteiger partial charge >= 0.3 is 7.82 Å². The number of para-hydroxylation sites is 1. The minimum Gasteiger partial charge on any atom is -0.386 e. The van der Waals surface area contributed by atoms with E-state index in [0.717, 1.165) is 33.9 Å². The van der Waals surface area contributed by atoms with Crippen LogP contribution in [0.15, 0.2) is 60.3 Å². The number of aryl methyl sites for hydroxylation is 1. The molecular formula is C27H29N8O7P. The molecule has 1 aliphatic rings. The van der Waals surface area contributed by atoms with Crippen LogP contribution in [0.3, 0.4) is 0 Å². The zero-order valence-corrected chi connectivity index (χ0v) is 23.9. The highest BCUT2D eigenvalue weighted by Crippen LogP contribution is 2.44. The number of phosphoric ester groups is 1. The molecule has 5 N–H and O–H groups in total. The molecular weight excluding hydrogens is 579 g/mol. The Hall–Kier alpha value is -4.40. The second-order valence-electron chi connectivity index (χ2n) is 9.93. The summed E-state index contributed by atoms with van der Waals surface area (Å²) >= 11 is 0. The molecule has 1 fully saturated rings. The summed E-state index contributed by atoms with van der Waals surface area (Å²) < 4.78 is 26.4.